The molecule has 0 aromatic heterocycles. The number of benzene rings is 2. The number of hydrogen-bond donors (Lipinski definition) is 0. The Kier molecular flexibility index (Phi) is 2.56. The molecule has 0 heterocycles. The number of allylic oxidation sites excluding steroid dienone is 7. The number of fused-ring (bicyclic) bond motifs is 1. The maximum atomic E-state index is 4.03. The Hall–Kier alpha value is -2.34. The van der Waals surface area contributed by atoms with Gasteiger partial charge in [-0.2, -0.15) is 0 Å². The lowest BCUT2D eigenvalue weighted by atomic mass is 9.88. The number of aryl methyl sites for hydroxylation is 1. The van der Waals surface area contributed by atoms with Crippen LogP contribution >= 0.6 is 0 Å². The van der Waals surface area contributed by atoms with Gasteiger partial charge in [0.1, 0.15) is 0 Å². The van der Waals surface area contributed by atoms with Crippen LogP contribution < -0.4 is 0 Å². The molecule has 0 saturated heterocycles. The number of rotatable bonds is 1. The molecule has 0 saturated carbocycles. The minimum atomic E-state index is 1.02. The van der Waals surface area contributed by atoms with Crippen molar-refractivity contribution in [2.75, 3.05) is 0 Å². The zero-order valence-electron chi connectivity index (χ0n) is 12.5. The summed E-state index contributed by atoms with van der Waals surface area (Å²) in [5.74, 6) is 0. The molecule has 0 amide bonds. The Morgan fingerprint density at radius 2 is 2.05 bits per heavy atom. The summed E-state index contributed by atoms with van der Waals surface area (Å²) in [7, 11) is 0. The SMILES string of the molecule is C=CC1=CC2=C(C=CC2)c2c(C)c(C)cc3cccc1c23. The fraction of sp³-hybridized carbons (Fsp3) is 0.143. The molecular formula is C21H18. The lowest BCUT2D eigenvalue weighted by molar-refractivity contribution is 1.32. The highest BCUT2D eigenvalue weighted by molar-refractivity contribution is 6.08. The smallest absolute Gasteiger partial charge is 0.00239 e. The van der Waals surface area contributed by atoms with E-state index in [1.165, 1.54) is 49.7 Å². The highest BCUT2D eigenvalue weighted by atomic mass is 14.2. The van der Waals surface area contributed by atoms with Crippen molar-refractivity contribution < 1.29 is 0 Å². The second kappa shape index (κ2) is 4.33. The average Bonchev–Trinajstić information content (AvgIpc) is 2.88. The van der Waals surface area contributed by atoms with E-state index in [9.17, 15) is 0 Å². The molecule has 102 valence electrons. The molecule has 2 aromatic carbocycles. The monoisotopic (exact) mass is 270 g/mol. The number of hydrogen-bond acceptors (Lipinski definition) is 0. The minimum Gasteiger partial charge on any atom is -0.0984 e. The summed E-state index contributed by atoms with van der Waals surface area (Å²) in [6.45, 7) is 8.49. The van der Waals surface area contributed by atoms with Crippen LogP contribution in [0.1, 0.15) is 28.7 Å². The Bertz CT molecular complexity index is 886. The van der Waals surface area contributed by atoms with Crippen molar-refractivity contribution in [3.63, 3.8) is 0 Å². The molecule has 0 unspecified atom stereocenters. The van der Waals surface area contributed by atoms with Crippen LogP contribution in [0.5, 0.6) is 0 Å². The lowest BCUT2D eigenvalue weighted by Crippen LogP contribution is -1.95. The lowest BCUT2D eigenvalue weighted by Gasteiger charge is -2.16. The molecule has 2 aliphatic carbocycles. The third-order valence-electron chi connectivity index (χ3n) is 4.78. The van der Waals surface area contributed by atoms with Gasteiger partial charge < -0.3 is 0 Å². The van der Waals surface area contributed by atoms with E-state index in [-0.39, 0.29) is 0 Å². The quantitative estimate of drug-likeness (QED) is 0.618. The van der Waals surface area contributed by atoms with Gasteiger partial charge in [0.05, 0.1) is 0 Å². The molecule has 2 aromatic rings. The summed E-state index contributed by atoms with van der Waals surface area (Å²) < 4.78 is 0. The van der Waals surface area contributed by atoms with Crippen molar-refractivity contribution in [1.82, 2.24) is 0 Å². The van der Waals surface area contributed by atoms with Crippen molar-refractivity contribution in [3.05, 3.63) is 83.0 Å². The Balaban J connectivity index is 2.28. The van der Waals surface area contributed by atoms with Crippen LogP contribution in [0.15, 0.2) is 60.7 Å². The van der Waals surface area contributed by atoms with E-state index in [0.29, 0.717) is 0 Å². The van der Waals surface area contributed by atoms with Gasteiger partial charge in [0.15, 0.2) is 0 Å². The van der Waals surface area contributed by atoms with Crippen molar-refractivity contribution in [1.29, 1.82) is 0 Å². The Labute approximate surface area is 125 Å². The molecule has 4 rings (SSSR count). The van der Waals surface area contributed by atoms with Gasteiger partial charge in [-0.3, -0.25) is 0 Å². The standard InChI is InChI=1S/C21H18/c1-4-15-12-16-7-5-10-19(16)20-14(3)13(2)11-17-8-6-9-18(15)21(17)20/h4-6,8-12H,1,7H2,2-3H3. The summed E-state index contributed by atoms with van der Waals surface area (Å²) in [5, 5.41) is 2.70. The van der Waals surface area contributed by atoms with Crippen LogP contribution in [0.4, 0.5) is 0 Å². The fourth-order valence-electron chi connectivity index (χ4n) is 3.61. The van der Waals surface area contributed by atoms with Gasteiger partial charge in [-0.25, -0.2) is 0 Å². The minimum absolute atomic E-state index is 1.02. The fourth-order valence-corrected chi connectivity index (χ4v) is 3.61. The topological polar surface area (TPSA) is 0 Å². The van der Waals surface area contributed by atoms with Crippen LogP contribution in [0.2, 0.25) is 0 Å². The molecule has 0 bridgehead atoms. The van der Waals surface area contributed by atoms with Crippen molar-refractivity contribution >= 4 is 21.9 Å². The second-order valence-corrected chi connectivity index (χ2v) is 5.95. The first-order valence-electron chi connectivity index (χ1n) is 7.48. The summed E-state index contributed by atoms with van der Waals surface area (Å²) in [4.78, 5) is 0. The third-order valence-corrected chi connectivity index (χ3v) is 4.78. The van der Waals surface area contributed by atoms with Gasteiger partial charge in [-0.1, -0.05) is 55.1 Å². The van der Waals surface area contributed by atoms with Gasteiger partial charge in [0.2, 0.25) is 0 Å². The van der Waals surface area contributed by atoms with E-state index in [4.69, 9.17) is 0 Å². The predicted molar refractivity (Wildman–Crippen MR) is 92.3 cm³/mol. The van der Waals surface area contributed by atoms with Crippen LogP contribution in [0, 0.1) is 13.8 Å². The third kappa shape index (κ3) is 1.62. The first-order valence-corrected chi connectivity index (χ1v) is 7.48. The normalized spacial score (nSPS) is 16.0. The zero-order chi connectivity index (χ0) is 14.6. The molecule has 0 fully saturated rings. The van der Waals surface area contributed by atoms with E-state index in [1.54, 1.807) is 0 Å². The summed E-state index contributed by atoms with van der Waals surface area (Å²) in [6, 6.07) is 8.90. The molecule has 0 N–H and O–H groups in total. The zero-order valence-corrected chi connectivity index (χ0v) is 12.5. The van der Waals surface area contributed by atoms with Crippen molar-refractivity contribution in [3.8, 4) is 0 Å². The maximum absolute atomic E-state index is 4.03. The molecule has 0 heteroatoms. The maximum Gasteiger partial charge on any atom is -0.00239 e. The van der Waals surface area contributed by atoms with Crippen molar-refractivity contribution in [2.45, 2.75) is 20.3 Å². The van der Waals surface area contributed by atoms with Crippen molar-refractivity contribution in [2.24, 2.45) is 0 Å². The van der Waals surface area contributed by atoms with Crippen LogP contribution in [0.3, 0.4) is 0 Å². The predicted octanol–water partition coefficient (Wildman–Crippen LogP) is 5.75. The average molecular weight is 270 g/mol. The Morgan fingerprint density at radius 1 is 1.19 bits per heavy atom. The van der Waals surface area contributed by atoms with Gasteiger partial charge in [-0.05, 0) is 70.0 Å². The summed E-state index contributed by atoms with van der Waals surface area (Å²) in [5.41, 5.74) is 9.53. The molecule has 0 aliphatic heterocycles. The van der Waals surface area contributed by atoms with Gasteiger partial charge in [0.25, 0.3) is 0 Å². The summed E-state index contributed by atoms with van der Waals surface area (Å²) >= 11 is 0. The molecule has 21 heavy (non-hydrogen) atoms. The largest absolute Gasteiger partial charge is 0.0984 e. The van der Waals surface area contributed by atoms with Gasteiger partial charge in [0, 0.05) is 0 Å². The highest BCUT2D eigenvalue weighted by Gasteiger charge is 2.21. The van der Waals surface area contributed by atoms with E-state index in [2.05, 4.69) is 62.9 Å². The molecule has 0 nitrogen and oxygen atoms in total. The van der Waals surface area contributed by atoms with E-state index in [0.717, 1.165) is 6.42 Å². The van der Waals surface area contributed by atoms with E-state index >= 15 is 0 Å². The van der Waals surface area contributed by atoms with Gasteiger partial charge in [-0.15, -0.1) is 0 Å². The van der Waals surface area contributed by atoms with Crippen LogP contribution in [0.25, 0.3) is 21.9 Å². The molecular weight excluding hydrogens is 252 g/mol. The first kappa shape index (κ1) is 12.4. The molecule has 0 spiro atoms. The summed E-state index contributed by atoms with van der Waals surface area (Å²) in [6.07, 6.45) is 9.88. The van der Waals surface area contributed by atoms with Crippen LogP contribution in [-0.4, -0.2) is 0 Å². The van der Waals surface area contributed by atoms with Gasteiger partial charge >= 0.3 is 0 Å². The molecule has 0 atom stereocenters. The van der Waals surface area contributed by atoms with E-state index < -0.39 is 0 Å². The Morgan fingerprint density at radius 3 is 2.86 bits per heavy atom. The molecule has 2 aliphatic rings. The highest BCUT2D eigenvalue weighted by Crippen LogP contribution is 2.43. The van der Waals surface area contributed by atoms with Crippen LogP contribution in [-0.2, 0) is 0 Å². The van der Waals surface area contributed by atoms with E-state index in [1.807, 2.05) is 6.08 Å². The molecule has 0 radical (unpaired) electrons. The first-order chi connectivity index (χ1) is 10.2. The second-order valence-electron chi connectivity index (χ2n) is 5.95.